The summed E-state index contributed by atoms with van der Waals surface area (Å²) in [4.78, 5) is 25.2. The summed E-state index contributed by atoms with van der Waals surface area (Å²) >= 11 is 0. The Balaban J connectivity index is 1.38. The molecule has 1 N–H and O–H groups in total. The molecule has 2 heterocycles. The number of hydrogen-bond acceptors (Lipinski definition) is 3. The van der Waals surface area contributed by atoms with Crippen molar-refractivity contribution < 1.29 is 4.79 Å². The highest BCUT2D eigenvalue weighted by atomic mass is 16.2. The molecule has 1 fully saturated rings. The Morgan fingerprint density at radius 1 is 1.13 bits per heavy atom. The Kier molecular flexibility index (Phi) is 6.31. The molecule has 4 rings (SSSR count). The molecule has 1 aliphatic carbocycles. The van der Waals surface area contributed by atoms with Gasteiger partial charge in [0.15, 0.2) is 5.65 Å². The second-order valence-electron chi connectivity index (χ2n) is 8.42. The molecule has 2 aromatic heterocycles. The quantitative estimate of drug-likeness (QED) is 0.629. The van der Waals surface area contributed by atoms with Gasteiger partial charge in [-0.1, -0.05) is 44.4 Å². The summed E-state index contributed by atoms with van der Waals surface area (Å²) in [6.45, 7) is 2.60. The smallest absolute Gasteiger partial charge is 0.326 e. The van der Waals surface area contributed by atoms with Gasteiger partial charge in [-0.2, -0.15) is 0 Å². The second-order valence-corrected chi connectivity index (χ2v) is 8.42. The first-order valence-corrected chi connectivity index (χ1v) is 11.1. The van der Waals surface area contributed by atoms with Crippen molar-refractivity contribution in [3.05, 3.63) is 64.7 Å². The Hall–Kier alpha value is -2.89. The fraction of sp³-hybridized carbons (Fsp3) is 0.458. The summed E-state index contributed by atoms with van der Waals surface area (Å²) in [5.74, 6) is 1.01. The number of unbranched alkanes of at least 4 members (excludes halogenated alkanes) is 1. The molecule has 30 heavy (non-hydrogen) atoms. The molecular weight excluding hydrogens is 376 g/mol. The predicted octanol–water partition coefficient (Wildman–Crippen LogP) is 4.48. The lowest BCUT2D eigenvalue weighted by Crippen LogP contribution is -2.27. The second kappa shape index (κ2) is 9.28. The van der Waals surface area contributed by atoms with Gasteiger partial charge in [0.1, 0.15) is 0 Å². The molecule has 6 nitrogen and oxygen atoms in total. The van der Waals surface area contributed by atoms with Crippen LogP contribution in [0.5, 0.6) is 0 Å². The van der Waals surface area contributed by atoms with Crippen LogP contribution in [0.3, 0.4) is 0 Å². The van der Waals surface area contributed by atoms with Crippen LogP contribution in [0.4, 0.5) is 5.69 Å². The minimum atomic E-state index is -0.167. The number of anilines is 1. The number of aromatic nitrogens is 3. The van der Waals surface area contributed by atoms with Crippen LogP contribution in [-0.4, -0.2) is 20.1 Å². The third kappa shape index (κ3) is 4.64. The Morgan fingerprint density at radius 3 is 2.73 bits per heavy atom. The van der Waals surface area contributed by atoms with E-state index in [9.17, 15) is 9.59 Å². The van der Waals surface area contributed by atoms with Gasteiger partial charge in [0.05, 0.1) is 6.54 Å². The standard InChI is InChI=1S/C24H30N4O2/c1-2-3-7-18-11-13-20(14-12-18)23(29)25-21-9-6-8-19(16-21)17-28-24(30)27-15-5-4-10-22(27)26-28/h4-6,8-10,15-16,18,20H,2-3,7,11-14,17H2,1H3,(H,25,29). The maximum atomic E-state index is 12.7. The van der Waals surface area contributed by atoms with Gasteiger partial charge in [0.2, 0.25) is 5.91 Å². The number of rotatable bonds is 7. The largest absolute Gasteiger partial charge is 0.350 e. The minimum absolute atomic E-state index is 0.104. The highest BCUT2D eigenvalue weighted by Crippen LogP contribution is 2.32. The van der Waals surface area contributed by atoms with E-state index in [0.717, 1.165) is 42.9 Å². The van der Waals surface area contributed by atoms with E-state index in [1.807, 2.05) is 42.5 Å². The molecule has 0 saturated heterocycles. The van der Waals surface area contributed by atoms with Crippen molar-refractivity contribution in [2.24, 2.45) is 11.8 Å². The van der Waals surface area contributed by atoms with Gasteiger partial charge < -0.3 is 5.32 Å². The van der Waals surface area contributed by atoms with Crippen molar-refractivity contribution >= 4 is 17.2 Å². The topological polar surface area (TPSA) is 68.4 Å². The number of nitrogens with one attached hydrogen (secondary N) is 1. The van der Waals surface area contributed by atoms with Crippen LogP contribution in [0.2, 0.25) is 0 Å². The number of carbonyl (C=O) groups excluding carboxylic acids is 1. The van der Waals surface area contributed by atoms with Gasteiger partial charge in [-0.25, -0.2) is 9.48 Å². The molecule has 1 saturated carbocycles. The Bertz CT molecular complexity index is 1060. The van der Waals surface area contributed by atoms with Gasteiger partial charge >= 0.3 is 5.69 Å². The molecule has 0 aliphatic heterocycles. The first-order chi connectivity index (χ1) is 14.6. The summed E-state index contributed by atoms with van der Waals surface area (Å²) in [6.07, 6.45) is 9.85. The molecule has 1 aromatic carbocycles. The van der Waals surface area contributed by atoms with Crippen molar-refractivity contribution in [1.29, 1.82) is 0 Å². The molecule has 0 spiro atoms. The molecule has 3 aromatic rings. The van der Waals surface area contributed by atoms with Crippen LogP contribution < -0.4 is 11.0 Å². The van der Waals surface area contributed by atoms with Gasteiger partial charge in [0, 0.05) is 17.8 Å². The van der Waals surface area contributed by atoms with E-state index >= 15 is 0 Å². The van der Waals surface area contributed by atoms with Crippen LogP contribution in [0.15, 0.2) is 53.5 Å². The summed E-state index contributed by atoms with van der Waals surface area (Å²) in [5, 5.41) is 7.46. The molecule has 1 aliphatic rings. The van der Waals surface area contributed by atoms with Gasteiger partial charge in [-0.15, -0.1) is 5.10 Å². The van der Waals surface area contributed by atoms with E-state index < -0.39 is 0 Å². The lowest BCUT2D eigenvalue weighted by atomic mass is 9.79. The SMILES string of the molecule is CCCCC1CCC(C(=O)Nc2cccc(Cn3nc4ccccn4c3=O)c2)CC1. The zero-order chi connectivity index (χ0) is 20.9. The van der Waals surface area contributed by atoms with Crippen LogP contribution in [-0.2, 0) is 11.3 Å². The number of pyridine rings is 1. The summed E-state index contributed by atoms with van der Waals surface area (Å²) in [6, 6.07) is 13.2. The maximum absolute atomic E-state index is 12.7. The number of benzene rings is 1. The molecule has 158 valence electrons. The molecule has 0 radical (unpaired) electrons. The maximum Gasteiger partial charge on any atom is 0.350 e. The van der Waals surface area contributed by atoms with Crippen LogP contribution in [0.1, 0.15) is 57.4 Å². The number of fused-ring (bicyclic) bond motifs is 1. The van der Waals surface area contributed by atoms with Gasteiger partial charge in [-0.3, -0.25) is 9.20 Å². The van der Waals surface area contributed by atoms with Crippen LogP contribution in [0.25, 0.3) is 5.65 Å². The fourth-order valence-electron chi connectivity index (χ4n) is 4.44. The highest BCUT2D eigenvalue weighted by Gasteiger charge is 2.26. The predicted molar refractivity (Wildman–Crippen MR) is 119 cm³/mol. The summed E-state index contributed by atoms with van der Waals surface area (Å²) in [5.41, 5.74) is 2.17. The van der Waals surface area contributed by atoms with Gasteiger partial charge in [0.25, 0.3) is 0 Å². The van der Waals surface area contributed by atoms with Crippen molar-refractivity contribution in [2.75, 3.05) is 5.32 Å². The number of amides is 1. The van der Waals surface area contributed by atoms with E-state index in [2.05, 4.69) is 17.3 Å². The monoisotopic (exact) mass is 406 g/mol. The normalized spacial score (nSPS) is 19.1. The lowest BCUT2D eigenvalue weighted by molar-refractivity contribution is -0.121. The molecule has 6 heteroatoms. The van der Waals surface area contributed by atoms with Crippen molar-refractivity contribution in [3.8, 4) is 0 Å². The van der Waals surface area contributed by atoms with Crippen molar-refractivity contribution in [3.63, 3.8) is 0 Å². The lowest BCUT2D eigenvalue weighted by Gasteiger charge is -2.27. The van der Waals surface area contributed by atoms with E-state index in [0.29, 0.717) is 12.2 Å². The third-order valence-corrected chi connectivity index (χ3v) is 6.20. The van der Waals surface area contributed by atoms with Crippen molar-refractivity contribution in [2.45, 2.75) is 58.4 Å². The number of carbonyl (C=O) groups is 1. The Labute approximate surface area is 176 Å². The minimum Gasteiger partial charge on any atom is -0.326 e. The van der Waals surface area contributed by atoms with Crippen molar-refractivity contribution in [1.82, 2.24) is 14.2 Å². The molecule has 1 amide bonds. The number of hydrogen-bond donors (Lipinski definition) is 1. The molecule has 0 bridgehead atoms. The number of nitrogens with zero attached hydrogens (tertiary/aromatic N) is 3. The van der Waals surface area contributed by atoms with Gasteiger partial charge in [-0.05, 0) is 61.4 Å². The van der Waals surface area contributed by atoms with E-state index in [-0.39, 0.29) is 17.5 Å². The summed E-state index contributed by atoms with van der Waals surface area (Å²) < 4.78 is 2.98. The fourth-order valence-corrected chi connectivity index (χ4v) is 4.44. The van der Waals surface area contributed by atoms with Crippen LogP contribution in [0, 0.1) is 11.8 Å². The molecular formula is C24H30N4O2. The molecule has 0 unspecified atom stereocenters. The Morgan fingerprint density at radius 2 is 1.97 bits per heavy atom. The van der Waals surface area contributed by atoms with E-state index in [1.54, 1.807) is 6.20 Å². The van der Waals surface area contributed by atoms with E-state index in [1.165, 1.54) is 28.3 Å². The average molecular weight is 407 g/mol. The first-order valence-electron chi connectivity index (χ1n) is 11.1. The summed E-state index contributed by atoms with van der Waals surface area (Å²) in [7, 11) is 0. The molecule has 0 atom stereocenters. The zero-order valence-electron chi connectivity index (χ0n) is 17.6. The third-order valence-electron chi connectivity index (χ3n) is 6.20. The van der Waals surface area contributed by atoms with E-state index in [4.69, 9.17) is 0 Å². The average Bonchev–Trinajstić information content (AvgIpc) is 3.08. The van der Waals surface area contributed by atoms with Crippen LogP contribution >= 0.6 is 0 Å². The zero-order valence-corrected chi connectivity index (χ0v) is 17.6. The highest BCUT2D eigenvalue weighted by molar-refractivity contribution is 5.92. The first kappa shape index (κ1) is 20.4.